The van der Waals surface area contributed by atoms with Gasteiger partial charge in [0.2, 0.25) is 0 Å². The van der Waals surface area contributed by atoms with Crippen LogP contribution in [0.3, 0.4) is 0 Å². The first-order valence-corrected chi connectivity index (χ1v) is 8.57. The molecule has 4 aromatic rings. The van der Waals surface area contributed by atoms with Gasteiger partial charge in [-0.05, 0) is 35.9 Å². The molecule has 0 amide bonds. The Morgan fingerprint density at radius 1 is 1.19 bits per heavy atom. The number of fused-ring (bicyclic) bond motifs is 1. The van der Waals surface area contributed by atoms with Gasteiger partial charge in [-0.3, -0.25) is 0 Å². The minimum atomic E-state index is 0. The van der Waals surface area contributed by atoms with Crippen LogP contribution in [0.2, 0.25) is 5.02 Å². The molecule has 0 saturated carbocycles. The van der Waals surface area contributed by atoms with Crippen LogP contribution in [-0.2, 0) is 6.54 Å². The van der Waals surface area contributed by atoms with Gasteiger partial charge < -0.3 is 15.0 Å². The molecular weight excluding hydrogens is 348 g/mol. The fourth-order valence-corrected chi connectivity index (χ4v) is 2.97. The number of H-pyrrole nitrogens is 1. The molecule has 5 nitrogen and oxygen atoms in total. The SMILES string of the molecule is COc1ccc(CNc2cccc(-c3c[nH]c4ncc(Cl)cc34)n2)cc1.[HH].[HH]. The van der Waals surface area contributed by atoms with E-state index in [1.165, 1.54) is 0 Å². The fourth-order valence-electron chi connectivity index (χ4n) is 2.81. The van der Waals surface area contributed by atoms with Crippen LogP contribution in [0.15, 0.2) is 60.9 Å². The van der Waals surface area contributed by atoms with Crippen LogP contribution in [-0.4, -0.2) is 22.1 Å². The Labute approximate surface area is 159 Å². The van der Waals surface area contributed by atoms with Crippen molar-refractivity contribution in [2.75, 3.05) is 12.4 Å². The molecule has 0 saturated heterocycles. The zero-order valence-corrected chi connectivity index (χ0v) is 14.9. The molecule has 0 bridgehead atoms. The first-order chi connectivity index (χ1) is 12.7. The maximum absolute atomic E-state index is 6.09. The van der Waals surface area contributed by atoms with Crippen molar-refractivity contribution in [3.05, 3.63) is 71.5 Å². The molecule has 4 rings (SSSR count). The molecule has 0 aliphatic carbocycles. The number of halogens is 1. The van der Waals surface area contributed by atoms with Gasteiger partial charge in [-0.1, -0.05) is 29.8 Å². The first kappa shape index (κ1) is 16.4. The van der Waals surface area contributed by atoms with Crippen molar-refractivity contribution in [3.8, 4) is 17.0 Å². The Kier molecular flexibility index (Phi) is 4.46. The minimum absolute atomic E-state index is 0. The summed E-state index contributed by atoms with van der Waals surface area (Å²) in [7, 11) is 1.66. The quantitative estimate of drug-likeness (QED) is 0.495. The highest BCUT2D eigenvalue weighted by molar-refractivity contribution is 6.31. The molecule has 1 aromatic carbocycles. The normalized spacial score (nSPS) is 10.8. The summed E-state index contributed by atoms with van der Waals surface area (Å²) in [6, 6.07) is 15.8. The molecule has 0 atom stereocenters. The topological polar surface area (TPSA) is 62.8 Å². The zero-order chi connectivity index (χ0) is 17.9. The van der Waals surface area contributed by atoms with Gasteiger partial charge in [0, 0.05) is 32.7 Å². The molecule has 0 spiro atoms. The monoisotopic (exact) mass is 368 g/mol. The van der Waals surface area contributed by atoms with E-state index in [2.05, 4.69) is 15.3 Å². The van der Waals surface area contributed by atoms with Crippen LogP contribution in [0.5, 0.6) is 5.75 Å². The number of benzene rings is 1. The second-order valence-electron chi connectivity index (χ2n) is 5.86. The van der Waals surface area contributed by atoms with E-state index in [0.29, 0.717) is 11.6 Å². The van der Waals surface area contributed by atoms with E-state index in [0.717, 1.165) is 39.4 Å². The summed E-state index contributed by atoms with van der Waals surface area (Å²) in [6.45, 7) is 0.682. The van der Waals surface area contributed by atoms with Crippen molar-refractivity contribution < 1.29 is 7.59 Å². The molecule has 26 heavy (non-hydrogen) atoms. The van der Waals surface area contributed by atoms with E-state index in [4.69, 9.17) is 21.3 Å². The lowest BCUT2D eigenvalue weighted by atomic mass is 10.1. The number of hydrogen-bond acceptors (Lipinski definition) is 4. The van der Waals surface area contributed by atoms with E-state index in [1.54, 1.807) is 13.3 Å². The van der Waals surface area contributed by atoms with Crippen LogP contribution in [0, 0.1) is 0 Å². The maximum atomic E-state index is 6.09. The lowest BCUT2D eigenvalue weighted by Gasteiger charge is -2.08. The van der Waals surface area contributed by atoms with E-state index in [-0.39, 0.29) is 2.85 Å². The Hall–Kier alpha value is -3.05. The molecule has 3 heterocycles. The standard InChI is InChI=1S/C20H17ClN4O.2H2/c1-26-15-7-5-13(6-8-15)10-22-19-4-2-3-18(25-19)17-12-24-20-16(17)9-14(21)11-23-20;;/h2-9,11-12H,10H2,1H3,(H,22,25)(H,23,24);2*1H. The van der Waals surface area contributed by atoms with Gasteiger partial charge in [-0.15, -0.1) is 0 Å². The third-order valence-corrected chi connectivity index (χ3v) is 4.36. The number of rotatable bonds is 5. The molecule has 0 aliphatic heterocycles. The van der Waals surface area contributed by atoms with Gasteiger partial charge in [-0.25, -0.2) is 9.97 Å². The third kappa shape index (κ3) is 3.34. The molecular formula is C20H21ClN4O. The summed E-state index contributed by atoms with van der Waals surface area (Å²) in [6.07, 6.45) is 3.54. The molecule has 0 fully saturated rings. The lowest BCUT2D eigenvalue weighted by Crippen LogP contribution is -2.01. The average Bonchev–Trinajstić information content (AvgIpc) is 3.10. The number of aromatic amines is 1. The molecule has 134 valence electrons. The van der Waals surface area contributed by atoms with Gasteiger partial charge in [-0.2, -0.15) is 0 Å². The maximum Gasteiger partial charge on any atom is 0.138 e. The van der Waals surface area contributed by atoms with Crippen LogP contribution in [0.1, 0.15) is 8.42 Å². The van der Waals surface area contributed by atoms with E-state index in [9.17, 15) is 0 Å². The number of nitrogens with zero attached hydrogens (tertiary/aromatic N) is 2. The largest absolute Gasteiger partial charge is 0.497 e. The Morgan fingerprint density at radius 3 is 2.85 bits per heavy atom. The number of hydrogen-bond donors (Lipinski definition) is 2. The van der Waals surface area contributed by atoms with Crippen molar-refractivity contribution in [3.63, 3.8) is 0 Å². The van der Waals surface area contributed by atoms with Crippen molar-refractivity contribution >= 4 is 28.5 Å². The number of methoxy groups -OCH3 is 1. The molecule has 0 aliphatic rings. The van der Waals surface area contributed by atoms with Crippen molar-refractivity contribution in [2.24, 2.45) is 0 Å². The summed E-state index contributed by atoms with van der Waals surface area (Å²) in [5.41, 5.74) is 3.78. The zero-order valence-electron chi connectivity index (χ0n) is 14.2. The molecule has 3 aromatic heterocycles. The molecule has 0 radical (unpaired) electrons. The number of aromatic nitrogens is 3. The predicted octanol–water partition coefficient (Wildman–Crippen LogP) is 5.39. The fraction of sp³-hybridized carbons (Fsp3) is 0.100. The lowest BCUT2D eigenvalue weighted by molar-refractivity contribution is 0.414. The summed E-state index contributed by atoms with van der Waals surface area (Å²) in [4.78, 5) is 12.2. The number of anilines is 1. The van der Waals surface area contributed by atoms with Gasteiger partial charge in [0.15, 0.2) is 0 Å². The van der Waals surface area contributed by atoms with Crippen LogP contribution in [0.4, 0.5) is 5.82 Å². The second kappa shape index (κ2) is 7.06. The summed E-state index contributed by atoms with van der Waals surface area (Å²) in [5, 5.41) is 4.92. The van der Waals surface area contributed by atoms with Gasteiger partial charge >= 0.3 is 0 Å². The van der Waals surface area contributed by atoms with Crippen LogP contribution < -0.4 is 10.1 Å². The third-order valence-electron chi connectivity index (χ3n) is 4.16. The Morgan fingerprint density at radius 2 is 2.04 bits per heavy atom. The van der Waals surface area contributed by atoms with Crippen LogP contribution >= 0.6 is 11.6 Å². The molecule has 2 N–H and O–H groups in total. The Bertz CT molecular complexity index is 1050. The Balaban J connectivity index is 0.00000140. The highest BCUT2D eigenvalue weighted by Crippen LogP contribution is 2.28. The number of ether oxygens (including phenoxy) is 1. The predicted molar refractivity (Wildman–Crippen MR) is 109 cm³/mol. The number of pyridine rings is 2. The number of nitrogens with one attached hydrogen (secondary N) is 2. The van der Waals surface area contributed by atoms with Gasteiger partial charge in [0.05, 0.1) is 17.8 Å². The average molecular weight is 369 g/mol. The molecule has 0 unspecified atom stereocenters. The van der Waals surface area contributed by atoms with Crippen molar-refractivity contribution in [2.45, 2.75) is 6.54 Å². The van der Waals surface area contributed by atoms with Gasteiger partial charge in [0.1, 0.15) is 17.2 Å². The van der Waals surface area contributed by atoms with Crippen LogP contribution in [0.25, 0.3) is 22.3 Å². The smallest absolute Gasteiger partial charge is 0.138 e. The van der Waals surface area contributed by atoms with Crippen molar-refractivity contribution in [1.82, 2.24) is 15.0 Å². The molecule has 6 heteroatoms. The second-order valence-corrected chi connectivity index (χ2v) is 6.30. The highest BCUT2D eigenvalue weighted by Gasteiger charge is 2.09. The first-order valence-electron chi connectivity index (χ1n) is 8.20. The minimum Gasteiger partial charge on any atom is -0.497 e. The summed E-state index contributed by atoms with van der Waals surface area (Å²) in [5.74, 6) is 1.66. The summed E-state index contributed by atoms with van der Waals surface area (Å²) < 4.78 is 5.18. The van der Waals surface area contributed by atoms with Crippen molar-refractivity contribution in [1.29, 1.82) is 0 Å². The highest BCUT2D eigenvalue weighted by atomic mass is 35.5. The summed E-state index contributed by atoms with van der Waals surface area (Å²) >= 11 is 6.09. The van der Waals surface area contributed by atoms with E-state index in [1.807, 2.05) is 54.7 Å². The van der Waals surface area contributed by atoms with E-state index < -0.39 is 0 Å². The van der Waals surface area contributed by atoms with Gasteiger partial charge in [0.25, 0.3) is 0 Å². The van der Waals surface area contributed by atoms with E-state index >= 15 is 0 Å².